The molecule has 0 bridgehead atoms. The Morgan fingerprint density at radius 3 is 2.89 bits per heavy atom. The summed E-state index contributed by atoms with van der Waals surface area (Å²) in [5, 5.41) is 3.36. The molecule has 19 heavy (non-hydrogen) atoms. The summed E-state index contributed by atoms with van der Waals surface area (Å²) in [5.41, 5.74) is 1.51. The number of para-hydroxylation sites is 2. The topological polar surface area (TPSA) is 78.1 Å². The van der Waals surface area contributed by atoms with Crippen LogP contribution in [0.15, 0.2) is 41.8 Å². The number of rotatable bonds is 2. The highest BCUT2D eigenvalue weighted by Crippen LogP contribution is 2.31. The van der Waals surface area contributed by atoms with Gasteiger partial charge >= 0.3 is 0 Å². The molecule has 0 fully saturated rings. The van der Waals surface area contributed by atoms with Crippen LogP contribution in [0.5, 0.6) is 0 Å². The number of fused-ring (bicyclic) bond motifs is 1. The van der Waals surface area contributed by atoms with Crippen molar-refractivity contribution in [3.63, 3.8) is 0 Å². The van der Waals surface area contributed by atoms with Crippen molar-refractivity contribution in [3.05, 3.63) is 36.8 Å². The normalized spacial score (nSPS) is 15.5. The molecule has 1 aromatic heterocycles. The Balaban J connectivity index is 2.10. The van der Waals surface area contributed by atoms with Crippen LogP contribution in [0.2, 0.25) is 0 Å². The molecular formula is C12H14N4O2S. The van der Waals surface area contributed by atoms with Crippen LogP contribution in [0, 0.1) is 0 Å². The number of hydrogen-bond acceptors (Lipinski definition) is 4. The van der Waals surface area contributed by atoms with E-state index < -0.39 is 10.0 Å². The maximum absolute atomic E-state index is 12.6. The predicted octanol–water partition coefficient (Wildman–Crippen LogP) is 1.42. The van der Waals surface area contributed by atoms with Crippen LogP contribution in [0.3, 0.4) is 0 Å². The van der Waals surface area contributed by atoms with Gasteiger partial charge in [-0.15, -0.1) is 0 Å². The second kappa shape index (κ2) is 4.58. The van der Waals surface area contributed by atoms with Crippen molar-refractivity contribution in [3.8, 4) is 0 Å². The van der Waals surface area contributed by atoms with E-state index in [1.807, 2.05) is 24.3 Å². The fourth-order valence-corrected chi connectivity index (χ4v) is 3.58. The first kappa shape index (κ1) is 12.0. The number of nitrogens with one attached hydrogen (secondary N) is 2. The first-order chi connectivity index (χ1) is 9.19. The number of nitrogens with zero attached hydrogens (tertiary/aromatic N) is 2. The van der Waals surface area contributed by atoms with E-state index in [2.05, 4.69) is 15.3 Å². The van der Waals surface area contributed by atoms with Crippen LogP contribution in [0.25, 0.3) is 0 Å². The predicted molar refractivity (Wildman–Crippen MR) is 72.7 cm³/mol. The molecule has 2 heterocycles. The second-order valence-electron chi connectivity index (χ2n) is 4.29. The molecule has 7 heteroatoms. The summed E-state index contributed by atoms with van der Waals surface area (Å²) in [6, 6.07) is 7.41. The van der Waals surface area contributed by atoms with E-state index in [1.165, 1.54) is 16.8 Å². The second-order valence-corrected chi connectivity index (χ2v) is 6.12. The van der Waals surface area contributed by atoms with E-state index >= 15 is 0 Å². The zero-order valence-electron chi connectivity index (χ0n) is 10.2. The summed E-state index contributed by atoms with van der Waals surface area (Å²) in [7, 11) is -3.58. The van der Waals surface area contributed by atoms with Gasteiger partial charge < -0.3 is 10.3 Å². The van der Waals surface area contributed by atoms with Crippen molar-refractivity contribution in [2.24, 2.45) is 0 Å². The van der Waals surface area contributed by atoms with Crippen molar-refractivity contribution in [1.29, 1.82) is 0 Å². The molecule has 0 spiro atoms. The van der Waals surface area contributed by atoms with Crippen molar-refractivity contribution < 1.29 is 8.42 Å². The Hall–Kier alpha value is -2.02. The van der Waals surface area contributed by atoms with E-state index in [-0.39, 0.29) is 5.03 Å². The molecule has 0 unspecified atom stereocenters. The Kier molecular flexibility index (Phi) is 2.90. The fraction of sp³-hybridized carbons (Fsp3) is 0.250. The molecule has 0 saturated heterocycles. The van der Waals surface area contributed by atoms with Gasteiger partial charge in [-0.05, 0) is 18.6 Å². The van der Waals surface area contributed by atoms with Crippen LogP contribution in [0.4, 0.5) is 11.4 Å². The largest absolute Gasteiger partial charge is 0.383 e. The highest BCUT2D eigenvalue weighted by molar-refractivity contribution is 7.92. The first-order valence-electron chi connectivity index (χ1n) is 6.03. The highest BCUT2D eigenvalue weighted by atomic mass is 32.2. The lowest BCUT2D eigenvalue weighted by Crippen LogP contribution is -2.31. The Bertz CT molecular complexity index is 667. The summed E-state index contributed by atoms with van der Waals surface area (Å²) in [4.78, 5) is 6.45. The SMILES string of the molecule is O=S(=O)(c1cnc[nH]1)N1CCCNc2ccccc21. The lowest BCUT2D eigenvalue weighted by Gasteiger charge is -2.22. The third-order valence-corrected chi connectivity index (χ3v) is 4.81. The number of aromatic amines is 1. The van der Waals surface area contributed by atoms with Gasteiger partial charge in [-0.25, -0.2) is 4.98 Å². The lowest BCUT2D eigenvalue weighted by atomic mass is 10.2. The van der Waals surface area contributed by atoms with Crippen LogP contribution in [-0.2, 0) is 10.0 Å². The summed E-state index contributed by atoms with van der Waals surface area (Å²) in [5.74, 6) is 0. The third-order valence-electron chi connectivity index (χ3n) is 3.07. The molecule has 1 aromatic carbocycles. The summed E-state index contributed by atoms with van der Waals surface area (Å²) in [6.07, 6.45) is 3.45. The van der Waals surface area contributed by atoms with Gasteiger partial charge in [0.05, 0.1) is 23.9 Å². The Labute approximate surface area is 111 Å². The van der Waals surface area contributed by atoms with Crippen LogP contribution >= 0.6 is 0 Å². The summed E-state index contributed by atoms with van der Waals surface area (Å²) >= 11 is 0. The number of sulfonamides is 1. The van der Waals surface area contributed by atoms with Crippen molar-refractivity contribution >= 4 is 21.4 Å². The minimum Gasteiger partial charge on any atom is -0.383 e. The maximum Gasteiger partial charge on any atom is 0.281 e. The van der Waals surface area contributed by atoms with Gasteiger partial charge in [0.1, 0.15) is 0 Å². The van der Waals surface area contributed by atoms with Gasteiger partial charge in [-0.1, -0.05) is 12.1 Å². The summed E-state index contributed by atoms with van der Waals surface area (Å²) in [6.45, 7) is 1.21. The number of benzene rings is 1. The van der Waals surface area contributed by atoms with E-state index in [0.717, 1.165) is 18.7 Å². The van der Waals surface area contributed by atoms with Crippen LogP contribution in [-0.4, -0.2) is 31.5 Å². The molecule has 0 amide bonds. The van der Waals surface area contributed by atoms with Crippen LogP contribution < -0.4 is 9.62 Å². The van der Waals surface area contributed by atoms with Gasteiger partial charge in [0.25, 0.3) is 10.0 Å². The Morgan fingerprint density at radius 2 is 2.11 bits per heavy atom. The molecule has 1 aliphatic heterocycles. The summed E-state index contributed by atoms with van der Waals surface area (Å²) < 4.78 is 26.6. The number of hydrogen-bond donors (Lipinski definition) is 2. The zero-order valence-corrected chi connectivity index (χ0v) is 11.0. The average molecular weight is 278 g/mol. The average Bonchev–Trinajstić information content (AvgIpc) is 2.86. The molecule has 0 aliphatic carbocycles. The monoisotopic (exact) mass is 278 g/mol. The van der Waals surface area contributed by atoms with Gasteiger partial charge in [0, 0.05) is 13.1 Å². The van der Waals surface area contributed by atoms with Crippen molar-refractivity contribution in [1.82, 2.24) is 9.97 Å². The molecule has 2 aromatic rings. The molecule has 0 atom stereocenters. The van der Waals surface area contributed by atoms with E-state index in [1.54, 1.807) is 0 Å². The third kappa shape index (κ3) is 2.06. The molecule has 1 aliphatic rings. The number of imidazole rings is 1. The molecular weight excluding hydrogens is 264 g/mol. The maximum atomic E-state index is 12.6. The lowest BCUT2D eigenvalue weighted by molar-refractivity contribution is 0.587. The van der Waals surface area contributed by atoms with Gasteiger partial charge in [0.15, 0.2) is 5.03 Å². The number of aromatic nitrogens is 2. The van der Waals surface area contributed by atoms with Crippen molar-refractivity contribution in [2.75, 3.05) is 22.7 Å². The quantitative estimate of drug-likeness (QED) is 0.871. The standard InChI is InChI=1S/C12H14N4O2S/c17-19(18,12-8-13-9-15-12)16-7-3-6-14-10-4-1-2-5-11(10)16/h1-2,4-5,8-9,14H,3,6-7H2,(H,13,15). The molecule has 0 saturated carbocycles. The van der Waals surface area contributed by atoms with E-state index in [4.69, 9.17) is 0 Å². The number of H-pyrrole nitrogens is 1. The van der Waals surface area contributed by atoms with Gasteiger partial charge in [-0.2, -0.15) is 8.42 Å². The highest BCUT2D eigenvalue weighted by Gasteiger charge is 2.28. The van der Waals surface area contributed by atoms with Crippen LogP contribution in [0.1, 0.15) is 6.42 Å². The van der Waals surface area contributed by atoms with E-state index in [0.29, 0.717) is 12.2 Å². The fourth-order valence-electron chi connectivity index (χ4n) is 2.16. The van der Waals surface area contributed by atoms with Gasteiger partial charge in [0.2, 0.25) is 0 Å². The van der Waals surface area contributed by atoms with Gasteiger partial charge in [-0.3, -0.25) is 4.31 Å². The van der Waals surface area contributed by atoms with E-state index in [9.17, 15) is 8.42 Å². The first-order valence-corrected chi connectivity index (χ1v) is 7.47. The molecule has 2 N–H and O–H groups in total. The van der Waals surface area contributed by atoms with Crippen molar-refractivity contribution in [2.45, 2.75) is 11.4 Å². The minimum absolute atomic E-state index is 0.115. The minimum atomic E-state index is -3.58. The molecule has 0 radical (unpaired) electrons. The molecule has 6 nitrogen and oxygen atoms in total. The molecule has 100 valence electrons. The molecule has 3 rings (SSSR count). The zero-order chi connectivity index (χ0) is 13.3. The Morgan fingerprint density at radius 1 is 1.26 bits per heavy atom. The smallest absolute Gasteiger partial charge is 0.281 e. The number of anilines is 2.